The number of nitrogens with one attached hydrogen (secondary N) is 1. The van der Waals surface area contributed by atoms with Gasteiger partial charge in [-0.3, -0.25) is 0 Å². The summed E-state index contributed by atoms with van der Waals surface area (Å²) in [6.45, 7) is 3.75. The molecule has 2 atom stereocenters. The minimum atomic E-state index is -0.983. The summed E-state index contributed by atoms with van der Waals surface area (Å²) in [6, 6.07) is 4.18. The van der Waals surface area contributed by atoms with Crippen LogP contribution in [0, 0.1) is 0 Å². The number of piperidine rings is 1. The third-order valence-corrected chi connectivity index (χ3v) is 4.08. The number of ether oxygens (including phenoxy) is 2. The Balaban J connectivity index is 1.88. The Bertz CT molecular complexity index is 470. The highest BCUT2D eigenvalue weighted by Gasteiger charge is 2.22. The standard InChI is InChI=1S/C16H22FNO2/c1-11(17)12-8-13(9-14-4-2-3-5-18-14)16-15(10-12)19-6-7-20-16/h8,10-11,14,18H,2-7,9H2,1H3. The van der Waals surface area contributed by atoms with Crippen LogP contribution in [0.25, 0.3) is 0 Å². The Morgan fingerprint density at radius 3 is 2.90 bits per heavy atom. The molecule has 0 aromatic heterocycles. The second kappa shape index (κ2) is 6.00. The summed E-state index contributed by atoms with van der Waals surface area (Å²) in [4.78, 5) is 0. The van der Waals surface area contributed by atoms with Gasteiger partial charge in [-0.1, -0.05) is 6.42 Å². The average Bonchev–Trinajstić information content (AvgIpc) is 2.48. The van der Waals surface area contributed by atoms with E-state index in [0.29, 0.717) is 30.6 Å². The molecule has 2 heterocycles. The van der Waals surface area contributed by atoms with Crippen molar-refractivity contribution in [3.8, 4) is 11.5 Å². The summed E-state index contributed by atoms with van der Waals surface area (Å²) in [7, 11) is 0. The zero-order valence-electron chi connectivity index (χ0n) is 12.0. The highest BCUT2D eigenvalue weighted by Crippen LogP contribution is 2.38. The van der Waals surface area contributed by atoms with Crippen molar-refractivity contribution in [2.75, 3.05) is 19.8 Å². The van der Waals surface area contributed by atoms with Crippen LogP contribution in [0.15, 0.2) is 12.1 Å². The van der Waals surface area contributed by atoms with E-state index in [9.17, 15) is 4.39 Å². The number of hydrogen-bond donors (Lipinski definition) is 1. The van der Waals surface area contributed by atoms with E-state index in [0.717, 1.165) is 24.3 Å². The maximum absolute atomic E-state index is 13.7. The van der Waals surface area contributed by atoms with Crippen LogP contribution in [0.1, 0.15) is 43.5 Å². The van der Waals surface area contributed by atoms with Crippen molar-refractivity contribution >= 4 is 0 Å². The van der Waals surface area contributed by atoms with E-state index in [4.69, 9.17) is 9.47 Å². The lowest BCUT2D eigenvalue weighted by Crippen LogP contribution is -2.35. The fraction of sp³-hybridized carbons (Fsp3) is 0.625. The lowest BCUT2D eigenvalue weighted by molar-refractivity contribution is 0.168. The monoisotopic (exact) mass is 279 g/mol. The van der Waals surface area contributed by atoms with Crippen LogP contribution >= 0.6 is 0 Å². The van der Waals surface area contributed by atoms with Gasteiger partial charge in [-0.05, 0) is 56.0 Å². The molecule has 1 aromatic carbocycles. The molecule has 2 unspecified atom stereocenters. The number of benzene rings is 1. The Morgan fingerprint density at radius 1 is 1.30 bits per heavy atom. The van der Waals surface area contributed by atoms with Gasteiger partial charge in [0.2, 0.25) is 0 Å². The summed E-state index contributed by atoms with van der Waals surface area (Å²) >= 11 is 0. The molecule has 2 aliphatic rings. The SMILES string of the molecule is CC(F)c1cc(CC2CCCCN2)c2c(c1)OCCO2. The topological polar surface area (TPSA) is 30.5 Å². The predicted molar refractivity (Wildman–Crippen MR) is 76.3 cm³/mol. The average molecular weight is 279 g/mol. The van der Waals surface area contributed by atoms with Gasteiger partial charge >= 0.3 is 0 Å². The molecule has 0 spiro atoms. The van der Waals surface area contributed by atoms with Gasteiger partial charge in [0.25, 0.3) is 0 Å². The van der Waals surface area contributed by atoms with E-state index < -0.39 is 6.17 Å². The molecule has 4 heteroatoms. The van der Waals surface area contributed by atoms with Gasteiger partial charge in [0.15, 0.2) is 11.5 Å². The number of alkyl halides is 1. The molecular weight excluding hydrogens is 257 g/mol. The minimum Gasteiger partial charge on any atom is -0.486 e. The first-order valence-corrected chi connectivity index (χ1v) is 7.54. The third-order valence-electron chi connectivity index (χ3n) is 4.08. The van der Waals surface area contributed by atoms with Crippen molar-refractivity contribution in [3.63, 3.8) is 0 Å². The van der Waals surface area contributed by atoms with Crippen LogP contribution < -0.4 is 14.8 Å². The maximum atomic E-state index is 13.7. The molecule has 0 aliphatic carbocycles. The second-order valence-corrected chi connectivity index (χ2v) is 5.67. The quantitative estimate of drug-likeness (QED) is 0.922. The van der Waals surface area contributed by atoms with Gasteiger partial charge < -0.3 is 14.8 Å². The summed E-state index contributed by atoms with van der Waals surface area (Å²) in [6.07, 6.45) is 3.58. The van der Waals surface area contributed by atoms with Crippen molar-refractivity contribution in [2.24, 2.45) is 0 Å². The Kier molecular flexibility index (Phi) is 4.10. The van der Waals surface area contributed by atoms with Crippen LogP contribution in [0.4, 0.5) is 4.39 Å². The molecule has 3 nitrogen and oxygen atoms in total. The highest BCUT2D eigenvalue weighted by molar-refractivity contribution is 5.51. The van der Waals surface area contributed by atoms with E-state index in [2.05, 4.69) is 5.32 Å². The molecule has 110 valence electrons. The number of halogens is 1. The van der Waals surface area contributed by atoms with Gasteiger partial charge in [-0.2, -0.15) is 0 Å². The van der Waals surface area contributed by atoms with Crippen molar-refractivity contribution in [1.82, 2.24) is 5.32 Å². The van der Waals surface area contributed by atoms with Crippen molar-refractivity contribution in [2.45, 2.75) is 44.8 Å². The Labute approximate surface area is 119 Å². The Morgan fingerprint density at radius 2 is 2.15 bits per heavy atom. The van der Waals surface area contributed by atoms with Gasteiger partial charge in [0.05, 0.1) is 0 Å². The van der Waals surface area contributed by atoms with E-state index >= 15 is 0 Å². The Hall–Kier alpha value is -1.29. The third kappa shape index (κ3) is 2.90. The van der Waals surface area contributed by atoms with Gasteiger partial charge in [-0.15, -0.1) is 0 Å². The van der Waals surface area contributed by atoms with E-state index in [-0.39, 0.29) is 0 Å². The predicted octanol–water partition coefficient (Wildman–Crippen LogP) is 3.17. The maximum Gasteiger partial charge on any atom is 0.164 e. The van der Waals surface area contributed by atoms with E-state index in [1.165, 1.54) is 19.3 Å². The summed E-state index contributed by atoms with van der Waals surface area (Å²) < 4.78 is 25.0. The summed E-state index contributed by atoms with van der Waals surface area (Å²) in [5, 5.41) is 3.53. The van der Waals surface area contributed by atoms with Gasteiger partial charge in [0.1, 0.15) is 19.4 Å². The van der Waals surface area contributed by atoms with Crippen molar-refractivity contribution in [1.29, 1.82) is 0 Å². The first kappa shape index (κ1) is 13.7. The normalized spacial score (nSPS) is 23.4. The number of fused-ring (bicyclic) bond motifs is 1. The van der Waals surface area contributed by atoms with Crippen LogP contribution in [0.5, 0.6) is 11.5 Å². The zero-order chi connectivity index (χ0) is 13.9. The molecule has 1 aromatic rings. The molecule has 0 radical (unpaired) electrons. The molecule has 0 amide bonds. The molecule has 0 saturated carbocycles. The highest BCUT2D eigenvalue weighted by atomic mass is 19.1. The van der Waals surface area contributed by atoms with Crippen molar-refractivity contribution < 1.29 is 13.9 Å². The first-order valence-electron chi connectivity index (χ1n) is 7.54. The van der Waals surface area contributed by atoms with Crippen LogP contribution in [0.3, 0.4) is 0 Å². The minimum absolute atomic E-state index is 0.462. The second-order valence-electron chi connectivity index (χ2n) is 5.67. The van der Waals surface area contributed by atoms with Crippen LogP contribution in [-0.2, 0) is 6.42 Å². The molecule has 0 bridgehead atoms. The fourth-order valence-electron chi connectivity index (χ4n) is 2.99. The molecule has 1 fully saturated rings. The van der Waals surface area contributed by atoms with Crippen molar-refractivity contribution in [3.05, 3.63) is 23.3 Å². The largest absolute Gasteiger partial charge is 0.486 e. The molecule has 3 rings (SSSR count). The lowest BCUT2D eigenvalue weighted by Gasteiger charge is -2.27. The van der Waals surface area contributed by atoms with Crippen LogP contribution in [0.2, 0.25) is 0 Å². The van der Waals surface area contributed by atoms with E-state index in [1.54, 1.807) is 13.0 Å². The molecule has 1 saturated heterocycles. The molecule has 2 aliphatic heterocycles. The first-order chi connectivity index (χ1) is 9.74. The molecule has 1 N–H and O–H groups in total. The number of hydrogen-bond acceptors (Lipinski definition) is 3. The van der Waals surface area contributed by atoms with Crippen LogP contribution in [-0.4, -0.2) is 25.8 Å². The number of rotatable bonds is 3. The summed E-state index contributed by atoms with van der Waals surface area (Å²) in [5.41, 5.74) is 1.75. The molecule has 20 heavy (non-hydrogen) atoms. The summed E-state index contributed by atoms with van der Waals surface area (Å²) in [5.74, 6) is 1.51. The lowest BCUT2D eigenvalue weighted by atomic mass is 9.95. The van der Waals surface area contributed by atoms with Gasteiger partial charge in [-0.25, -0.2) is 4.39 Å². The zero-order valence-corrected chi connectivity index (χ0v) is 12.0. The molecular formula is C16H22FNO2. The van der Waals surface area contributed by atoms with Gasteiger partial charge in [0, 0.05) is 6.04 Å². The fourth-order valence-corrected chi connectivity index (χ4v) is 2.99. The van der Waals surface area contributed by atoms with E-state index in [1.807, 2.05) is 6.07 Å². The smallest absolute Gasteiger partial charge is 0.164 e.